The van der Waals surface area contributed by atoms with Crippen molar-refractivity contribution in [3.63, 3.8) is 0 Å². The van der Waals surface area contributed by atoms with Crippen LogP contribution in [-0.4, -0.2) is 52.9 Å². The number of nitrogens with one attached hydrogen (secondary N) is 1. The minimum absolute atomic E-state index is 0.00229. The van der Waals surface area contributed by atoms with Crippen molar-refractivity contribution < 1.29 is 4.79 Å². The first-order valence-electron chi connectivity index (χ1n) is 8.71. The summed E-state index contributed by atoms with van der Waals surface area (Å²) in [7, 11) is 3.98. The number of nitrogens with zero attached hydrogens (tertiary/aromatic N) is 4. The molecule has 2 rings (SSSR count). The minimum atomic E-state index is 0.00229. The molecule has 1 aliphatic heterocycles. The van der Waals surface area contributed by atoms with Crippen LogP contribution in [0, 0.1) is 5.41 Å². The maximum absolute atomic E-state index is 11.9. The first-order valence-corrected chi connectivity index (χ1v) is 8.71. The number of carbonyl (C=O) groups is 1. The van der Waals surface area contributed by atoms with Crippen molar-refractivity contribution >= 4 is 11.7 Å². The van der Waals surface area contributed by atoms with E-state index in [2.05, 4.69) is 43.0 Å². The number of hydrogen-bond acceptors (Lipinski definition) is 5. The molecule has 1 aromatic rings. The van der Waals surface area contributed by atoms with Gasteiger partial charge in [-0.25, -0.2) is 9.97 Å². The highest BCUT2D eigenvalue weighted by molar-refractivity contribution is 5.74. The van der Waals surface area contributed by atoms with Crippen LogP contribution in [0.2, 0.25) is 0 Å². The molecule has 1 unspecified atom stereocenters. The van der Waals surface area contributed by atoms with Crippen LogP contribution in [0.3, 0.4) is 0 Å². The van der Waals surface area contributed by atoms with E-state index >= 15 is 0 Å². The Morgan fingerprint density at radius 1 is 1.42 bits per heavy atom. The summed E-state index contributed by atoms with van der Waals surface area (Å²) in [6.07, 6.45) is 1.95. The molecule has 24 heavy (non-hydrogen) atoms. The second-order valence-electron chi connectivity index (χ2n) is 7.96. The summed E-state index contributed by atoms with van der Waals surface area (Å²) < 4.78 is 0. The minimum Gasteiger partial charge on any atom is -0.373 e. The molecule has 0 aromatic carbocycles. The van der Waals surface area contributed by atoms with E-state index in [1.165, 1.54) is 0 Å². The molecule has 1 fully saturated rings. The van der Waals surface area contributed by atoms with Gasteiger partial charge in [0, 0.05) is 39.7 Å². The lowest BCUT2D eigenvalue weighted by atomic mass is 9.96. The van der Waals surface area contributed by atoms with Crippen molar-refractivity contribution in [3.05, 3.63) is 17.6 Å². The molecule has 0 aliphatic carbocycles. The van der Waals surface area contributed by atoms with E-state index in [0.29, 0.717) is 0 Å². The number of carbonyl (C=O) groups excluding carboxylic acids is 1. The van der Waals surface area contributed by atoms with Crippen LogP contribution in [0.25, 0.3) is 0 Å². The topological polar surface area (TPSA) is 61.4 Å². The summed E-state index contributed by atoms with van der Waals surface area (Å²) in [5.41, 5.74) is 1.24. The van der Waals surface area contributed by atoms with Gasteiger partial charge in [0.05, 0.1) is 11.7 Å². The smallest absolute Gasteiger partial charge is 0.220 e. The van der Waals surface area contributed by atoms with Crippen molar-refractivity contribution in [1.82, 2.24) is 19.8 Å². The highest BCUT2D eigenvalue weighted by Gasteiger charge is 2.30. The first kappa shape index (κ1) is 18.6. The molecule has 1 aromatic heterocycles. The number of amides is 1. The van der Waals surface area contributed by atoms with E-state index in [1.54, 1.807) is 6.92 Å². The zero-order valence-electron chi connectivity index (χ0n) is 15.9. The largest absolute Gasteiger partial charge is 0.373 e. The maximum atomic E-state index is 11.9. The average molecular weight is 333 g/mol. The number of aromatic nitrogens is 2. The van der Waals surface area contributed by atoms with Crippen LogP contribution in [-0.2, 0) is 11.3 Å². The van der Waals surface area contributed by atoms with E-state index in [-0.39, 0.29) is 17.4 Å². The van der Waals surface area contributed by atoms with Crippen molar-refractivity contribution in [1.29, 1.82) is 0 Å². The highest BCUT2D eigenvalue weighted by Crippen LogP contribution is 2.30. The predicted octanol–water partition coefficient (Wildman–Crippen LogP) is 2.68. The van der Waals surface area contributed by atoms with Crippen molar-refractivity contribution in [3.8, 4) is 0 Å². The van der Waals surface area contributed by atoms with Crippen LogP contribution >= 0.6 is 0 Å². The van der Waals surface area contributed by atoms with E-state index in [0.717, 1.165) is 49.8 Å². The quantitative estimate of drug-likeness (QED) is 0.898. The zero-order valence-corrected chi connectivity index (χ0v) is 15.9. The summed E-state index contributed by atoms with van der Waals surface area (Å²) in [6.45, 7) is 10.9. The summed E-state index contributed by atoms with van der Waals surface area (Å²) in [5.74, 6) is 1.67. The molecule has 0 radical (unpaired) electrons. The molecule has 1 amide bonds. The average Bonchev–Trinajstić information content (AvgIpc) is 2.94. The molecule has 0 bridgehead atoms. The molecular formula is C18H31N5O. The van der Waals surface area contributed by atoms with Gasteiger partial charge in [0.1, 0.15) is 5.82 Å². The van der Waals surface area contributed by atoms with Gasteiger partial charge in [0.2, 0.25) is 5.91 Å². The van der Waals surface area contributed by atoms with Gasteiger partial charge in [-0.15, -0.1) is 0 Å². The molecular weight excluding hydrogens is 302 g/mol. The summed E-state index contributed by atoms with van der Waals surface area (Å²) in [4.78, 5) is 25.4. The third-order valence-corrected chi connectivity index (χ3v) is 4.18. The SMILES string of the molecule is CNc1cc(CN(C)CC(C)(C)C)nc(C2CCCN2C(C)=O)n1. The van der Waals surface area contributed by atoms with E-state index in [4.69, 9.17) is 4.98 Å². The highest BCUT2D eigenvalue weighted by atomic mass is 16.2. The number of hydrogen-bond donors (Lipinski definition) is 1. The van der Waals surface area contributed by atoms with Gasteiger partial charge in [0.15, 0.2) is 5.82 Å². The maximum Gasteiger partial charge on any atom is 0.220 e. The fourth-order valence-electron chi connectivity index (χ4n) is 3.43. The van der Waals surface area contributed by atoms with Crippen molar-refractivity contribution in [2.24, 2.45) is 5.41 Å². The second kappa shape index (κ2) is 7.47. The van der Waals surface area contributed by atoms with Crippen molar-refractivity contribution in [2.75, 3.05) is 32.5 Å². The third kappa shape index (κ3) is 4.90. The Bertz CT molecular complexity index is 581. The number of rotatable bonds is 5. The Hall–Kier alpha value is -1.69. The van der Waals surface area contributed by atoms with Gasteiger partial charge in [-0.3, -0.25) is 4.79 Å². The Morgan fingerprint density at radius 2 is 2.12 bits per heavy atom. The molecule has 2 heterocycles. The monoisotopic (exact) mass is 333 g/mol. The Labute approximate surface area is 145 Å². The lowest BCUT2D eigenvalue weighted by Gasteiger charge is -2.27. The van der Waals surface area contributed by atoms with E-state index < -0.39 is 0 Å². The van der Waals surface area contributed by atoms with Gasteiger partial charge < -0.3 is 15.1 Å². The van der Waals surface area contributed by atoms with Gasteiger partial charge in [-0.1, -0.05) is 20.8 Å². The molecule has 6 heteroatoms. The Morgan fingerprint density at radius 3 is 2.71 bits per heavy atom. The van der Waals surface area contributed by atoms with Crippen LogP contribution in [0.4, 0.5) is 5.82 Å². The fraction of sp³-hybridized carbons (Fsp3) is 0.722. The lowest BCUT2D eigenvalue weighted by molar-refractivity contribution is -0.129. The van der Waals surface area contributed by atoms with E-state index in [1.807, 2.05) is 18.0 Å². The summed E-state index contributed by atoms with van der Waals surface area (Å²) in [6, 6.07) is 2.00. The molecule has 1 N–H and O–H groups in total. The normalized spacial score (nSPS) is 18.3. The molecule has 1 atom stereocenters. The molecule has 1 saturated heterocycles. The van der Waals surface area contributed by atoms with Gasteiger partial charge >= 0.3 is 0 Å². The van der Waals surface area contributed by atoms with E-state index in [9.17, 15) is 4.79 Å². The summed E-state index contributed by atoms with van der Waals surface area (Å²) in [5, 5.41) is 3.12. The molecule has 1 aliphatic rings. The fourth-order valence-corrected chi connectivity index (χ4v) is 3.43. The lowest BCUT2D eigenvalue weighted by Crippen LogP contribution is -2.31. The third-order valence-electron chi connectivity index (χ3n) is 4.18. The first-order chi connectivity index (χ1) is 11.2. The van der Waals surface area contributed by atoms with Crippen LogP contribution in [0.1, 0.15) is 58.1 Å². The Balaban J connectivity index is 2.23. The number of likely N-dealkylation sites (tertiary alicyclic amines) is 1. The van der Waals surface area contributed by atoms with Gasteiger partial charge in [-0.2, -0.15) is 0 Å². The van der Waals surface area contributed by atoms with Gasteiger partial charge in [0.25, 0.3) is 0 Å². The second-order valence-corrected chi connectivity index (χ2v) is 7.96. The molecule has 0 saturated carbocycles. The number of anilines is 1. The molecule has 0 spiro atoms. The van der Waals surface area contributed by atoms with Crippen LogP contribution in [0.5, 0.6) is 0 Å². The Kier molecular flexibility index (Phi) is 5.80. The standard InChI is InChI=1S/C18H31N5O/c1-13(24)23-9-7-8-15(23)17-20-14(10-16(19-5)21-17)11-22(6)12-18(2,3)4/h10,15H,7-9,11-12H2,1-6H3,(H,19,20,21). The summed E-state index contributed by atoms with van der Waals surface area (Å²) >= 11 is 0. The van der Waals surface area contributed by atoms with Crippen LogP contribution in [0.15, 0.2) is 6.07 Å². The van der Waals surface area contributed by atoms with Crippen LogP contribution < -0.4 is 5.32 Å². The van der Waals surface area contributed by atoms with Gasteiger partial charge in [-0.05, 0) is 25.3 Å². The molecule has 134 valence electrons. The van der Waals surface area contributed by atoms with Crippen molar-refractivity contribution in [2.45, 2.75) is 53.1 Å². The molecule has 6 nitrogen and oxygen atoms in total. The zero-order chi connectivity index (χ0) is 17.9. The predicted molar refractivity (Wildman–Crippen MR) is 96.7 cm³/mol.